The third-order valence-electron chi connectivity index (χ3n) is 4.42. The molecule has 0 unspecified atom stereocenters. The minimum Gasteiger partial charge on any atom is -0.545 e. The number of ether oxygens (including phenoxy) is 4. The Morgan fingerprint density at radius 3 is 2.44 bits per heavy atom. The summed E-state index contributed by atoms with van der Waals surface area (Å²) in [4.78, 5) is 11.8. The lowest BCUT2D eigenvalue weighted by Crippen LogP contribution is -2.32. The summed E-state index contributed by atoms with van der Waals surface area (Å²) >= 11 is 0. The average Bonchev–Trinajstić information content (AvgIpc) is 3.06. The number of carboxylic acid groups (broad SMARTS) is 1. The summed E-state index contributed by atoms with van der Waals surface area (Å²) < 4.78 is 21.7. The number of rotatable bonds is 3. The number of benzene rings is 2. The molecule has 0 aromatic heterocycles. The molecule has 6 heteroatoms. The van der Waals surface area contributed by atoms with Crippen molar-refractivity contribution in [3.63, 3.8) is 0 Å². The Hall–Kier alpha value is -3.15. The maximum Gasteiger partial charge on any atom is 0.231 e. The molecule has 2 heterocycles. The predicted molar refractivity (Wildman–Crippen MR) is 85.7 cm³/mol. The molecule has 2 aromatic rings. The van der Waals surface area contributed by atoms with Crippen molar-refractivity contribution in [3.05, 3.63) is 58.9 Å². The summed E-state index contributed by atoms with van der Waals surface area (Å²) in [5.74, 6) is 0.892. The summed E-state index contributed by atoms with van der Waals surface area (Å²) in [5.41, 5.74) is 1.58. The molecule has 0 amide bonds. The second-order valence-electron chi connectivity index (χ2n) is 5.81. The molecule has 6 nitrogen and oxygen atoms in total. The molecule has 25 heavy (non-hydrogen) atoms. The second-order valence-corrected chi connectivity index (χ2v) is 5.81. The summed E-state index contributed by atoms with van der Waals surface area (Å²) in [6.07, 6.45) is 0. The Kier molecular flexibility index (Phi) is 3.53. The van der Waals surface area contributed by atoms with Crippen LogP contribution in [0.25, 0.3) is 0 Å². The fourth-order valence-electron chi connectivity index (χ4n) is 3.24. The monoisotopic (exact) mass is 339 g/mol. The van der Waals surface area contributed by atoms with Gasteiger partial charge in [-0.15, -0.1) is 0 Å². The van der Waals surface area contributed by atoms with Crippen LogP contribution in [0.15, 0.2) is 47.7 Å². The molecule has 0 radical (unpaired) electrons. The standard InChI is InChI=1S/C19H16O6/c1-10-17(19(20)21)18(11-3-5-12(22-2)6-4-11)13-7-15-16(24-9-23-15)8-14(13)25-10/h3-8,18H,9H2,1-2H3,(H,20,21)/p-1/t18-/m1/s1. The van der Waals surface area contributed by atoms with Crippen LogP contribution in [-0.2, 0) is 4.79 Å². The topological polar surface area (TPSA) is 77.1 Å². The van der Waals surface area contributed by atoms with Crippen molar-refractivity contribution in [2.24, 2.45) is 0 Å². The molecule has 0 bridgehead atoms. The maximum absolute atomic E-state index is 11.8. The Balaban J connectivity index is 1.90. The van der Waals surface area contributed by atoms with Gasteiger partial charge in [0.15, 0.2) is 11.5 Å². The molecule has 1 atom stereocenters. The highest BCUT2D eigenvalue weighted by molar-refractivity contribution is 5.89. The fourth-order valence-corrected chi connectivity index (χ4v) is 3.24. The van der Waals surface area contributed by atoms with Crippen molar-refractivity contribution in [2.45, 2.75) is 12.8 Å². The first-order valence-corrected chi connectivity index (χ1v) is 7.76. The van der Waals surface area contributed by atoms with Crippen LogP contribution in [0, 0.1) is 0 Å². The number of hydrogen-bond acceptors (Lipinski definition) is 6. The van der Waals surface area contributed by atoms with Gasteiger partial charge in [0.2, 0.25) is 6.79 Å². The second kappa shape index (κ2) is 5.73. The van der Waals surface area contributed by atoms with E-state index in [0.717, 1.165) is 5.56 Å². The van der Waals surface area contributed by atoms with E-state index in [1.807, 2.05) is 12.1 Å². The lowest BCUT2D eigenvalue weighted by molar-refractivity contribution is -0.299. The van der Waals surface area contributed by atoms with Gasteiger partial charge in [-0.1, -0.05) is 12.1 Å². The minimum atomic E-state index is -1.26. The third kappa shape index (κ3) is 2.46. The molecule has 2 aliphatic heterocycles. The van der Waals surface area contributed by atoms with Gasteiger partial charge in [-0.3, -0.25) is 0 Å². The molecule has 2 aliphatic rings. The Morgan fingerprint density at radius 1 is 1.12 bits per heavy atom. The van der Waals surface area contributed by atoms with Crippen LogP contribution < -0.4 is 24.1 Å². The Bertz CT molecular complexity index is 882. The zero-order valence-corrected chi connectivity index (χ0v) is 13.7. The van der Waals surface area contributed by atoms with Crippen molar-refractivity contribution in [1.29, 1.82) is 0 Å². The van der Waals surface area contributed by atoms with Gasteiger partial charge >= 0.3 is 0 Å². The number of methoxy groups -OCH3 is 1. The molecule has 0 N–H and O–H groups in total. The van der Waals surface area contributed by atoms with Gasteiger partial charge < -0.3 is 28.8 Å². The molecule has 128 valence electrons. The Morgan fingerprint density at radius 2 is 1.80 bits per heavy atom. The van der Waals surface area contributed by atoms with Crippen LogP contribution in [0.5, 0.6) is 23.0 Å². The average molecular weight is 339 g/mol. The molecule has 2 aromatic carbocycles. The fraction of sp³-hybridized carbons (Fsp3) is 0.211. The van der Waals surface area contributed by atoms with Crippen molar-refractivity contribution < 1.29 is 28.8 Å². The summed E-state index contributed by atoms with van der Waals surface area (Å²) in [6.45, 7) is 1.75. The van der Waals surface area contributed by atoms with E-state index in [4.69, 9.17) is 18.9 Å². The van der Waals surface area contributed by atoms with Gasteiger partial charge in [0, 0.05) is 23.1 Å². The quantitative estimate of drug-likeness (QED) is 0.851. The molecule has 0 saturated carbocycles. The van der Waals surface area contributed by atoms with Crippen LogP contribution in [0.1, 0.15) is 24.0 Å². The van der Waals surface area contributed by atoms with Crippen LogP contribution in [-0.4, -0.2) is 19.9 Å². The molecule has 0 spiro atoms. The molecular formula is C19H15O6-. The normalized spacial score (nSPS) is 17.8. The van der Waals surface area contributed by atoms with Crippen LogP contribution in [0.2, 0.25) is 0 Å². The number of hydrogen-bond donors (Lipinski definition) is 0. The van der Waals surface area contributed by atoms with Crippen LogP contribution in [0.4, 0.5) is 0 Å². The smallest absolute Gasteiger partial charge is 0.231 e. The van der Waals surface area contributed by atoms with E-state index in [0.29, 0.717) is 34.3 Å². The van der Waals surface area contributed by atoms with Crippen molar-refractivity contribution in [1.82, 2.24) is 0 Å². The summed E-state index contributed by atoms with van der Waals surface area (Å²) in [6, 6.07) is 10.7. The zero-order chi connectivity index (χ0) is 17.6. The van der Waals surface area contributed by atoms with Gasteiger partial charge in [0.05, 0.1) is 13.1 Å². The van der Waals surface area contributed by atoms with E-state index in [9.17, 15) is 9.90 Å². The lowest BCUT2D eigenvalue weighted by Gasteiger charge is -2.31. The van der Waals surface area contributed by atoms with E-state index < -0.39 is 11.9 Å². The van der Waals surface area contributed by atoms with Gasteiger partial charge in [-0.25, -0.2) is 0 Å². The zero-order valence-electron chi connectivity index (χ0n) is 13.7. The maximum atomic E-state index is 11.8. The number of allylic oxidation sites excluding steroid dienone is 1. The number of fused-ring (bicyclic) bond motifs is 2. The van der Waals surface area contributed by atoms with Gasteiger partial charge in [-0.05, 0) is 30.7 Å². The number of carboxylic acids is 1. The van der Waals surface area contributed by atoms with Crippen molar-refractivity contribution in [2.75, 3.05) is 13.9 Å². The minimum absolute atomic E-state index is 0.0940. The highest BCUT2D eigenvalue weighted by Crippen LogP contribution is 2.48. The van der Waals surface area contributed by atoms with E-state index in [1.165, 1.54) is 0 Å². The number of aliphatic carboxylic acids is 1. The molecule has 4 rings (SSSR count). The lowest BCUT2D eigenvalue weighted by atomic mass is 9.82. The van der Waals surface area contributed by atoms with E-state index in [-0.39, 0.29) is 12.4 Å². The first-order chi connectivity index (χ1) is 12.1. The summed E-state index contributed by atoms with van der Waals surface area (Å²) in [5, 5.41) is 11.8. The first-order valence-electron chi connectivity index (χ1n) is 7.76. The Labute approximate surface area is 144 Å². The predicted octanol–water partition coefficient (Wildman–Crippen LogP) is 1.97. The summed E-state index contributed by atoms with van der Waals surface area (Å²) in [7, 11) is 1.58. The molecular weight excluding hydrogens is 324 g/mol. The molecule has 0 fully saturated rings. The largest absolute Gasteiger partial charge is 0.545 e. The third-order valence-corrected chi connectivity index (χ3v) is 4.42. The van der Waals surface area contributed by atoms with E-state index in [1.54, 1.807) is 38.3 Å². The van der Waals surface area contributed by atoms with Crippen molar-refractivity contribution >= 4 is 5.97 Å². The van der Waals surface area contributed by atoms with Gasteiger partial charge in [-0.2, -0.15) is 0 Å². The highest BCUT2D eigenvalue weighted by atomic mass is 16.7. The van der Waals surface area contributed by atoms with Crippen LogP contribution >= 0.6 is 0 Å². The SMILES string of the molecule is COc1ccc([C@H]2C(C(=O)[O-])=C(C)Oc3cc4c(cc32)OCO4)cc1. The first kappa shape index (κ1) is 15.4. The number of carbonyl (C=O) groups excluding carboxylic acids is 1. The van der Waals surface area contributed by atoms with Crippen LogP contribution in [0.3, 0.4) is 0 Å². The van der Waals surface area contributed by atoms with E-state index >= 15 is 0 Å². The van der Waals surface area contributed by atoms with Crippen molar-refractivity contribution in [3.8, 4) is 23.0 Å². The molecule has 0 saturated heterocycles. The van der Waals surface area contributed by atoms with E-state index in [2.05, 4.69) is 0 Å². The van der Waals surface area contributed by atoms with Gasteiger partial charge in [0.25, 0.3) is 0 Å². The molecule has 0 aliphatic carbocycles. The highest BCUT2D eigenvalue weighted by Gasteiger charge is 2.32. The van der Waals surface area contributed by atoms with Gasteiger partial charge in [0.1, 0.15) is 17.3 Å². The number of carbonyl (C=O) groups is 1.